The average molecular weight is 249 g/mol. The minimum absolute atomic E-state index is 0.0747. The summed E-state index contributed by atoms with van der Waals surface area (Å²) in [4.78, 5) is 14.5. The fourth-order valence-electron chi connectivity index (χ4n) is 1.82. The lowest BCUT2D eigenvalue weighted by atomic mass is 10.2. The molecule has 0 saturated heterocycles. The van der Waals surface area contributed by atoms with Crippen molar-refractivity contribution in [1.82, 2.24) is 0 Å². The summed E-state index contributed by atoms with van der Waals surface area (Å²) >= 11 is 1.61. The van der Waals surface area contributed by atoms with Crippen molar-refractivity contribution < 1.29 is 9.53 Å². The van der Waals surface area contributed by atoms with Gasteiger partial charge in [0.2, 0.25) is 0 Å². The molecule has 4 heteroatoms. The molecule has 0 atom stereocenters. The molecule has 0 bridgehead atoms. The number of carbonyl (C=O) groups is 1. The molecule has 0 aliphatic carbocycles. The fourth-order valence-corrected chi connectivity index (χ4v) is 3.07. The molecule has 0 N–H and O–H groups in total. The Balaban J connectivity index is 2.41. The summed E-state index contributed by atoms with van der Waals surface area (Å²) in [5, 5.41) is 0.989. The number of carbonyl (C=O) groups excluding carboxylic acids is 1. The first kappa shape index (κ1) is 12.0. The van der Waals surface area contributed by atoms with Gasteiger partial charge >= 0.3 is 0 Å². The van der Waals surface area contributed by atoms with Crippen LogP contribution < -0.4 is 9.64 Å². The second-order valence-electron chi connectivity index (χ2n) is 3.77. The highest BCUT2D eigenvalue weighted by molar-refractivity contribution is 8.03. The van der Waals surface area contributed by atoms with E-state index in [4.69, 9.17) is 4.74 Å². The summed E-state index contributed by atoms with van der Waals surface area (Å²) in [5.74, 6) is 0.919. The molecule has 0 radical (unpaired) electrons. The van der Waals surface area contributed by atoms with Gasteiger partial charge in [-0.2, -0.15) is 0 Å². The van der Waals surface area contributed by atoms with Gasteiger partial charge in [-0.15, -0.1) is 0 Å². The smallest absolute Gasteiger partial charge is 0.155 e. The molecule has 1 aliphatic heterocycles. The Kier molecular flexibility index (Phi) is 3.43. The second-order valence-corrected chi connectivity index (χ2v) is 4.84. The van der Waals surface area contributed by atoms with Crippen molar-refractivity contribution >= 4 is 23.2 Å². The highest BCUT2D eigenvalue weighted by Gasteiger charge is 2.24. The van der Waals surface area contributed by atoms with Gasteiger partial charge in [0, 0.05) is 17.5 Å². The summed E-state index contributed by atoms with van der Waals surface area (Å²) in [7, 11) is 1.66. The Hall–Kier alpha value is -1.42. The van der Waals surface area contributed by atoms with Crippen LogP contribution in [0, 0.1) is 0 Å². The van der Waals surface area contributed by atoms with Crippen LogP contribution in [-0.4, -0.2) is 19.4 Å². The van der Waals surface area contributed by atoms with Gasteiger partial charge in [-0.1, -0.05) is 11.8 Å². The number of ether oxygens (including phenoxy) is 1. The molecule has 17 heavy (non-hydrogen) atoms. The zero-order chi connectivity index (χ0) is 12.4. The molecular weight excluding hydrogens is 234 g/mol. The third-order valence-corrected chi connectivity index (χ3v) is 3.68. The van der Waals surface area contributed by atoms with E-state index in [2.05, 4.69) is 11.8 Å². The molecule has 1 aromatic rings. The number of fused-ring (bicyclic) bond motifs is 1. The van der Waals surface area contributed by atoms with Crippen LogP contribution in [0.4, 0.5) is 5.69 Å². The van der Waals surface area contributed by atoms with Crippen LogP contribution in [0.25, 0.3) is 0 Å². The Labute approximate surface area is 105 Å². The summed E-state index contributed by atoms with van der Waals surface area (Å²) in [6.07, 6.45) is 1.68. The molecule has 0 saturated carbocycles. The first-order chi connectivity index (χ1) is 8.15. The highest BCUT2D eigenvalue weighted by Crippen LogP contribution is 2.47. The van der Waals surface area contributed by atoms with Crippen molar-refractivity contribution in [1.29, 1.82) is 0 Å². The van der Waals surface area contributed by atoms with Crippen molar-refractivity contribution in [2.45, 2.75) is 18.7 Å². The van der Waals surface area contributed by atoms with E-state index < -0.39 is 0 Å². The number of benzene rings is 1. The summed E-state index contributed by atoms with van der Waals surface area (Å²) < 4.78 is 5.21. The van der Waals surface area contributed by atoms with E-state index in [1.807, 2.05) is 18.2 Å². The third-order valence-electron chi connectivity index (χ3n) is 2.58. The molecule has 0 fully saturated rings. The van der Waals surface area contributed by atoms with Gasteiger partial charge in [0.15, 0.2) is 5.78 Å². The average Bonchev–Trinajstić information content (AvgIpc) is 2.63. The van der Waals surface area contributed by atoms with Crippen LogP contribution in [0.1, 0.15) is 13.8 Å². The van der Waals surface area contributed by atoms with Crippen LogP contribution in [0.5, 0.6) is 5.75 Å². The van der Waals surface area contributed by atoms with Gasteiger partial charge in [-0.05, 0) is 32.0 Å². The molecule has 0 unspecified atom stereocenters. The first-order valence-corrected chi connectivity index (χ1v) is 6.33. The molecule has 2 rings (SSSR count). The zero-order valence-electron chi connectivity index (χ0n) is 10.2. The highest BCUT2D eigenvalue weighted by atomic mass is 32.2. The topological polar surface area (TPSA) is 29.5 Å². The lowest BCUT2D eigenvalue weighted by molar-refractivity contribution is -0.112. The SMILES string of the molecule is CCN1/C(=C\C(C)=O)Sc2cc(OC)ccc21. The van der Waals surface area contributed by atoms with E-state index >= 15 is 0 Å². The van der Waals surface area contributed by atoms with Crippen LogP contribution in [-0.2, 0) is 4.79 Å². The van der Waals surface area contributed by atoms with Gasteiger partial charge in [-0.3, -0.25) is 4.79 Å². The first-order valence-electron chi connectivity index (χ1n) is 5.51. The molecule has 0 spiro atoms. The van der Waals surface area contributed by atoms with Gasteiger partial charge in [0.1, 0.15) is 5.75 Å². The van der Waals surface area contributed by atoms with E-state index in [1.165, 1.54) is 0 Å². The number of methoxy groups -OCH3 is 1. The van der Waals surface area contributed by atoms with E-state index in [0.29, 0.717) is 0 Å². The Bertz CT molecular complexity index is 482. The maximum absolute atomic E-state index is 11.2. The van der Waals surface area contributed by atoms with Gasteiger partial charge < -0.3 is 9.64 Å². The Morgan fingerprint density at radius 3 is 2.88 bits per heavy atom. The predicted octanol–water partition coefficient (Wildman–Crippen LogP) is 3.06. The maximum Gasteiger partial charge on any atom is 0.155 e. The molecule has 1 heterocycles. The van der Waals surface area contributed by atoms with Crippen LogP contribution in [0.3, 0.4) is 0 Å². The Morgan fingerprint density at radius 2 is 2.29 bits per heavy atom. The van der Waals surface area contributed by atoms with Crippen molar-refractivity contribution in [3.05, 3.63) is 29.3 Å². The lowest BCUT2D eigenvalue weighted by Gasteiger charge is -2.17. The number of rotatable bonds is 3. The van der Waals surface area contributed by atoms with Gasteiger partial charge in [0.05, 0.1) is 17.8 Å². The fraction of sp³-hybridized carbons (Fsp3) is 0.308. The minimum Gasteiger partial charge on any atom is -0.497 e. The molecule has 90 valence electrons. The van der Waals surface area contributed by atoms with Crippen LogP contribution >= 0.6 is 11.8 Å². The maximum atomic E-state index is 11.2. The van der Waals surface area contributed by atoms with Crippen molar-refractivity contribution in [2.75, 3.05) is 18.6 Å². The van der Waals surface area contributed by atoms with E-state index in [9.17, 15) is 4.79 Å². The number of anilines is 1. The number of allylic oxidation sites excluding steroid dienone is 1. The molecule has 0 amide bonds. The van der Waals surface area contributed by atoms with E-state index in [0.717, 1.165) is 27.9 Å². The number of hydrogen-bond acceptors (Lipinski definition) is 4. The monoisotopic (exact) mass is 249 g/mol. The molecule has 1 aromatic carbocycles. The number of hydrogen-bond donors (Lipinski definition) is 0. The quantitative estimate of drug-likeness (QED) is 0.770. The van der Waals surface area contributed by atoms with Crippen molar-refractivity contribution in [3.8, 4) is 5.75 Å². The molecule has 0 aromatic heterocycles. The van der Waals surface area contributed by atoms with Gasteiger partial charge in [0.25, 0.3) is 0 Å². The third kappa shape index (κ3) is 2.31. The summed E-state index contributed by atoms with van der Waals surface area (Å²) in [6, 6.07) is 5.98. The predicted molar refractivity (Wildman–Crippen MR) is 70.6 cm³/mol. The number of ketones is 1. The summed E-state index contributed by atoms with van der Waals surface area (Å²) in [5.41, 5.74) is 1.14. The molecule has 1 aliphatic rings. The van der Waals surface area contributed by atoms with Crippen molar-refractivity contribution in [2.24, 2.45) is 0 Å². The minimum atomic E-state index is 0.0747. The second kappa shape index (κ2) is 4.84. The zero-order valence-corrected chi connectivity index (χ0v) is 11.0. The number of thioether (sulfide) groups is 1. The van der Waals surface area contributed by atoms with Crippen LogP contribution in [0.15, 0.2) is 34.2 Å². The van der Waals surface area contributed by atoms with Gasteiger partial charge in [-0.25, -0.2) is 0 Å². The summed E-state index contributed by atoms with van der Waals surface area (Å²) in [6.45, 7) is 4.50. The van der Waals surface area contributed by atoms with Crippen molar-refractivity contribution in [3.63, 3.8) is 0 Å². The number of nitrogens with zero attached hydrogens (tertiary/aromatic N) is 1. The van der Waals surface area contributed by atoms with Crippen LogP contribution in [0.2, 0.25) is 0 Å². The van der Waals surface area contributed by atoms with E-state index in [1.54, 1.807) is 31.9 Å². The molecular formula is C13H15NO2S. The Morgan fingerprint density at radius 1 is 1.53 bits per heavy atom. The largest absolute Gasteiger partial charge is 0.497 e. The normalized spacial score (nSPS) is 16.2. The standard InChI is InChI=1S/C13H15NO2S/c1-4-14-11-6-5-10(16-3)8-12(11)17-13(14)7-9(2)15/h5-8H,4H2,1-3H3/b13-7+. The lowest BCUT2D eigenvalue weighted by Crippen LogP contribution is -2.17. The van der Waals surface area contributed by atoms with E-state index in [-0.39, 0.29) is 5.78 Å². The molecule has 3 nitrogen and oxygen atoms in total.